The van der Waals surface area contributed by atoms with Crippen LogP contribution in [-0.2, 0) is 11.3 Å². The van der Waals surface area contributed by atoms with E-state index in [2.05, 4.69) is 17.3 Å². The molecule has 0 aliphatic rings. The SMILES string of the molecule is CCCNC(CCOCC(F)F)c1cnn(CC)c1. The quantitative estimate of drug-likeness (QED) is 0.667. The lowest BCUT2D eigenvalue weighted by molar-refractivity contribution is 0.0143. The van der Waals surface area contributed by atoms with Crippen molar-refractivity contribution < 1.29 is 13.5 Å². The van der Waals surface area contributed by atoms with E-state index in [-0.39, 0.29) is 6.04 Å². The van der Waals surface area contributed by atoms with Crippen molar-refractivity contribution in [2.75, 3.05) is 19.8 Å². The second kappa shape index (κ2) is 8.98. The van der Waals surface area contributed by atoms with Crippen LogP contribution in [0, 0.1) is 0 Å². The third-order valence-corrected chi connectivity index (χ3v) is 2.82. The van der Waals surface area contributed by atoms with Crippen LogP contribution in [-0.4, -0.2) is 36.0 Å². The monoisotopic (exact) mass is 275 g/mol. The van der Waals surface area contributed by atoms with Gasteiger partial charge in [-0.1, -0.05) is 6.92 Å². The molecule has 4 nitrogen and oxygen atoms in total. The molecule has 0 amide bonds. The molecular formula is C13H23F2N3O. The first-order valence-electron chi connectivity index (χ1n) is 6.79. The van der Waals surface area contributed by atoms with Gasteiger partial charge in [-0.05, 0) is 26.3 Å². The minimum absolute atomic E-state index is 0.109. The van der Waals surface area contributed by atoms with Crippen molar-refractivity contribution >= 4 is 0 Å². The largest absolute Gasteiger partial charge is 0.375 e. The molecule has 1 N–H and O–H groups in total. The molecule has 0 fully saturated rings. The summed E-state index contributed by atoms with van der Waals surface area (Å²) in [7, 11) is 0. The average Bonchev–Trinajstić information content (AvgIpc) is 2.86. The molecule has 1 aromatic rings. The molecule has 0 spiro atoms. The second-order valence-corrected chi connectivity index (χ2v) is 4.39. The lowest BCUT2D eigenvalue weighted by atomic mass is 10.1. The Labute approximate surface area is 113 Å². The highest BCUT2D eigenvalue weighted by Crippen LogP contribution is 2.16. The van der Waals surface area contributed by atoms with Gasteiger partial charge in [-0.2, -0.15) is 5.10 Å². The Morgan fingerprint density at radius 1 is 1.42 bits per heavy atom. The van der Waals surface area contributed by atoms with E-state index in [0.29, 0.717) is 13.0 Å². The molecule has 1 atom stereocenters. The lowest BCUT2D eigenvalue weighted by Crippen LogP contribution is -2.23. The van der Waals surface area contributed by atoms with Gasteiger partial charge in [0.2, 0.25) is 0 Å². The van der Waals surface area contributed by atoms with Gasteiger partial charge in [-0.25, -0.2) is 8.78 Å². The molecule has 0 radical (unpaired) electrons. The van der Waals surface area contributed by atoms with Gasteiger partial charge in [0, 0.05) is 31.0 Å². The van der Waals surface area contributed by atoms with E-state index in [9.17, 15) is 8.78 Å². The molecule has 1 rings (SSSR count). The van der Waals surface area contributed by atoms with Crippen LogP contribution >= 0.6 is 0 Å². The number of hydrogen-bond acceptors (Lipinski definition) is 3. The zero-order chi connectivity index (χ0) is 14.1. The summed E-state index contributed by atoms with van der Waals surface area (Å²) in [6, 6.07) is 0.109. The molecule has 19 heavy (non-hydrogen) atoms. The number of ether oxygens (including phenoxy) is 1. The predicted molar refractivity (Wildman–Crippen MR) is 70.4 cm³/mol. The lowest BCUT2D eigenvalue weighted by Gasteiger charge is -2.17. The van der Waals surface area contributed by atoms with E-state index in [1.54, 1.807) is 0 Å². The third-order valence-electron chi connectivity index (χ3n) is 2.82. The summed E-state index contributed by atoms with van der Waals surface area (Å²) in [6.45, 7) is 5.65. The van der Waals surface area contributed by atoms with Gasteiger partial charge in [0.15, 0.2) is 0 Å². The molecule has 0 aliphatic carbocycles. The van der Waals surface area contributed by atoms with Gasteiger partial charge in [-0.15, -0.1) is 0 Å². The zero-order valence-electron chi connectivity index (χ0n) is 11.6. The molecule has 1 heterocycles. The normalized spacial score (nSPS) is 13.1. The van der Waals surface area contributed by atoms with Gasteiger partial charge in [0.25, 0.3) is 6.43 Å². The summed E-state index contributed by atoms with van der Waals surface area (Å²) in [6.07, 6.45) is 3.10. The molecule has 0 saturated carbocycles. The molecule has 0 aliphatic heterocycles. The third kappa shape index (κ3) is 6.11. The summed E-state index contributed by atoms with van der Waals surface area (Å²) >= 11 is 0. The summed E-state index contributed by atoms with van der Waals surface area (Å²) in [5.41, 5.74) is 1.08. The fourth-order valence-corrected chi connectivity index (χ4v) is 1.81. The Hall–Kier alpha value is -1.01. The zero-order valence-corrected chi connectivity index (χ0v) is 11.6. The van der Waals surface area contributed by atoms with Gasteiger partial charge < -0.3 is 10.1 Å². The van der Waals surface area contributed by atoms with E-state index in [1.807, 2.05) is 24.0 Å². The molecule has 0 saturated heterocycles. The highest BCUT2D eigenvalue weighted by atomic mass is 19.3. The topological polar surface area (TPSA) is 39.1 Å². The first kappa shape index (κ1) is 16.0. The summed E-state index contributed by atoms with van der Waals surface area (Å²) in [5, 5.41) is 7.63. The van der Waals surface area contributed by atoms with E-state index in [1.165, 1.54) is 0 Å². The summed E-state index contributed by atoms with van der Waals surface area (Å²) in [4.78, 5) is 0. The number of aryl methyl sites for hydroxylation is 1. The van der Waals surface area contributed by atoms with Crippen molar-refractivity contribution in [3.63, 3.8) is 0 Å². The maximum absolute atomic E-state index is 12.0. The van der Waals surface area contributed by atoms with E-state index in [0.717, 1.165) is 25.1 Å². The number of alkyl halides is 2. The van der Waals surface area contributed by atoms with Crippen molar-refractivity contribution in [1.29, 1.82) is 0 Å². The average molecular weight is 275 g/mol. The van der Waals surface area contributed by atoms with Crippen molar-refractivity contribution in [3.05, 3.63) is 18.0 Å². The summed E-state index contributed by atoms with van der Waals surface area (Å²) < 4.78 is 30.8. The van der Waals surface area contributed by atoms with Gasteiger partial charge >= 0.3 is 0 Å². The van der Waals surface area contributed by atoms with Crippen molar-refractivity contribution in [2.24, 2.45) is 0 Å². The Kier molecular flexibility index (Phi) is 7.59. The molecule has 6 heteroatoms. The number of nitrogens with zero attached hydrogens (tertiary/aromatic N) is 2. The number of halogens is 2. The Balaban J connectivity index is 2.46. The van der Waals surface area contributed by atoms with Crippen molar-refractivity contribution in [3.8, 4) is 0 Å². The number of nitrogens with one attached hydrogen (secondary N) is 1. The molecule has 0 bridgehead atoms. The fraction of sp³-hybridized carbons (Fsp3) is 0.769. The maximum Gasteiger partial charge on any atom is 0.261 e. The molecule has 1 aromatic heterocycles. The standard InChI is InChI=1S/C13H23F2N3O/c1-3-6-16-12(5-7-19-10-13(14)15)11-8-17-18(4-2)9-11/h8-9,12-13,16H,3-7,10H2,1-2H3. The highest BCUT2D eigenvalue weighted by Gasteiger charge is 2.13. The van der Waals surface area contributed by atoms with Crippen molar-refractivity contribution in [2.45, 2.75) is 45.7 Å². The van der Waals surface area contributed by atoms with Crippen LogP contribution in [0.5, 0.6) is 0 Å². The van der Waals surface area contributed by atoms with Crippen LogP contribution in [0.4, 0.5) is 8.78 Å². The van der Waals surface area contributed by atoms with Crippen molar-refractivity contribution in [1.82, 2.24) is 15.1 Å². The Bertz CT molecular complexity index is 344. The molecular weight excluding hydrogens is 252 g/mol. The van der Waals surface area contributed by atoms with Gasteiger partial charge in [-0.3, -0.25) is 4.68 Å². The maximum atomic E-state index is 12.0. The van der Waals surface area contributed by atoms with Crippen LogP contribution in [0.25, 0.3) is 0 Å². The molecule has 1 unspecified atom stereocenters. The highest BCUT2D eigenvalue weighted by molar-refractivity contribution is 5.10. The first-order chi connectivity index (χ1) is 9.17. The van der Waals surface area contributed by atoms with Gasteiger partial charge in [0.1, 0.15) is 6.61 Å². The molecule has 0 aromatic carbocycles. The van der Waals surface area contributed by atoms with Crippen LogP contribution in [0.2, 0.25) is 0 Å². The second-order valence-electron chi connectivity index (χ2n) is 4.39. The van der Waals surface area contributed by atoms with E-state index in [4.69, 9.17) is 4.74 Å². The number of aromatic nitrogens is 2. The number of rotatable bonds is 10. The fourth-order valence-electron chi connectivity index (χ4n) is 1.81. The predicted octanol–water partition coefficient (Wildman–Crippen LogP) is 2.62. The van der Waals surface area contributed by atoms with E-state index < -0.39 is 13.0 Å². The van der Waals surface area contributed by atoms with Crippen LogP contribution in [0.15, 0.2) is 12.4 Å². The van der Waals surface area contributed by atoms with E-state index >= 15 is 0 Å². The van der Waals surface area contributed by atoms with Crippen LogP contribution < -0.4 is 5.32 Å². The number of hydrogen-bond donors (Lipinski definition) is 1. The Morgan fingerprint density at radius 3 is 2.79 bits per heavy atom. The van der Waals surface area contributed by atoms with Gasteiger partial charge in [0.05, 0.1) is 6.20 Å². The Morgan fingerprint density at radius 2 is 2.21 bits per heavy atom. The first-order valence-corrected chi connectivity index (χ1v) is 6.79. The smallest absolute Gasteiger partial charge is 0.261 e. The minimum atomic E-state index is -2.40. The molecule has 110 valence electrons. The van der Waals surface area contributed by atoms with Crippen LogP contribution in [0.3, 0.4) is 0 Å². The minimum Gasteiger partial charge on any atom is -0.375 e. The van der Waals surface area contributed by atoms with Crippen LogP contribution in [0.1, 0.15) is 38.3 Å². The summed E-state index contributed by atoms with van der Waals surface area (Å²) in [5.74, 6) is 0.